The largest absolute Gasteiger partial charge is 0.121 e. The zero-order valence-electron chi connectivity index (χ0n) is 33.5. The van der Waals surface area contributed by atoms with Crippen molar-refractivity contribution in [2.45, 2.75) is 131 Å². The van der Waals surface area contributed by atoms with E-state index in [0.717, 1.165) is 0 Å². The molecule has 6 aromatic rings. The van der Waals surface area contributed by atoms with E-state index in [-0.39, 0.29) is 0 Å². The molecular weight excluding hydrogens is 593 g/mol. The van der Waals surface area contributed by atoms with E-state index in [2.05, 4.69) is 131 Å². The molecule has 0 N–H and O–H groups in total. The second-order valence-corrected chi connectivity index (χ2v) is 17.9. The molecule has 0 fully saturated rings. The van der Waals surface area contributed by atoms with Crippen molar-refractivity contribution in [1.82, 2.24) is 0 Å². The number of aryl methyl sites for hydroxylation is 10. The van der Waals surface area contributed by atoms with Crippen LogP contribution in [0, 0.1) is 125 Å². The minimum Gasteiger partial charge on any atom is -0.0627 e. The molecule has 0 bridgehead atoms. The summed E-state index contributed by atoms with van der Waals surface area (Å²) in [5.74, 6) is 0. The van der Waals surface area contributed by atoms with Gasteiger partial charge in [0, 0.05) is 0 Å². The van der Waals surface area contributed by atoms with Gasteiger partial charge in [0.05, 0.1) is 0 Å². The van der Waals surface area contributed by atoms with Gasteiger partial charge in [-0.2, -0.15) is 0 Å². The Morgan fingerprint density at radius 1 is 0.188 bits per heavy atom. The third-order valence-corrected chi connectivity index (χ3v) is 16.5. The van der Waals surface area contributed by atoms with Gasteiger partial charge in [-0.1, -0.05) is 6.55 Å². The second-order valence-electron chi connectivity index (χ2n) is 15.6. The van der Waals surface area contributed by atoms with Crippen molar-refractivity contribution in [3.05, 3.63) is 100 Å². The molecular formula is C47H57Si. The van der Waals surface area contributed by atoms with E-state index in [0.29, 0.717) is 0 Å². The molecule has 0 aliphatic carbocycles. The maximum Gasteiger partial charge on any atom is 0.121 e. The summed E-state index contributed by atoms with van der Waals surface area (Å²) >= 11 is 0. The van der Waals surface area contributed by atoms with Gasteiger partial charge >= 0.3 is 0 Å². The monoisotopic (exact) mass is 649 g/mol. The van der Waals surface area contributed by atoms with Gasteiger partial charge in [0.2, 0.25) is 0 Å². The Kier molecular flexibility index (Phi) is 8.11. The molecule has 0 aromatic heterocycles. The van der Waals surface area contributed by atoms with Crippen LogP contribution in [0.15, 0.2) is 0 Å². The zero-order valence-corrected chi connectivity index (χ0v) is 34.5. The van der Waals surface area contributed by atoms with Crippen LogP contribution in [0.4, 0.5) is 0 Å². The van der Waals surface area contributed by atoms with Crippen molar-refractivity contribution in [3.8, 4) is 0 Å². The summed E-state index contributed by atoms with van der Waals surface area (Å²) in [4.78, 5) is 0. The van der Waals surface area contributed by atoms with Gasteiger partial charge in [0.1, 0.15) is 8.80 Å². The summed E-state index contributed by atoms with van der Waals surface area (Å²) in [7, 11) is -1.35. The van der Waals surface area contributed by atoms with E-state index >= 15 is 0 Å². The molecule has 0 atom stereocenters. The molecule has 0 nitrogen and oxygen atoms in total. The number of rotatable bonds is 2. The Bertz CT molecular complexity index is 2130. The Labute approximate surface area is 292 Å². The fraction of sp³-hybridized carbons (Fsp3) is 0.404. The van der Waals surface area contributed by atoms with Crippen LogP contribution in [-0.2, 0) is 0 Å². The first-order valence-electron chi connectivity index (χ1n) is 18.0. The van der Waals surface area contributed by atoms with E-state index in [1.54, 1.807) is 10.4 Å². The third-order valence-electron chi connectivity index (χ3n) is 14.0. The van der Waals surface area contributed by atoms with E-state index in [9.17, 15) is 0 Å². The van der Waals surface area contributed by atoms with E-state index in [1.807, 2.05) is 0 Å². The molecule has 48 heavy (non-hydrogen) atoms. The first kappa shape index (κ1) is 34.4. The van der Waals surface area contributed by atoms with Gasteiger partial charge in [0.25, 0.3) is 0 Å². The lowest BCUT2D eigenvalue weighted by atomic mass is 9.82. The van der Waals surface area contributed by atoms with Crippen LogP contribution in [-0.4, -0.2) is 8.80 Å². The summed E-state index contributed by atoms with van der Waals surface area (Å²) < 4.78 is 0. The molecule has 0 aliphatic rings. The average Bonchev–Trinajstić information content (AvgIpc) is 3.05. The third kappa shape index (κ3) is 4.19. The molecule has 6 rings (SSSR count). The van der Waals surface area contributed by atoms with Crippen LogP contribution >= 0.6 is 0 Å². The number of fused-ring (bicyclic) bond motifs is 4. The highest BCUT2D eigenvalue weighted by Crippen LogP contribution is 2.42. The summed E-state index contributed by atoms with van der Waals surface area (Å²) in [6, 6.07) is 0. The van der Waals surface area contributed by atoms with Gasteiger partial charge < -0.3 is 0 Å². The van der Waals surface area contributed by atoms with Crippen molar-refractivity contribution in [3.63, 3.8) is 0 Å². The normalized spacial score (nSPS) is 12.2. The van der Waals surface area contributed by atoms with Crippen LogP contribution in [0.2, 0.25) is 6.55 Å². The molecule has 0 saturated heterocycles. The van der Waals surface area contributed by atoms with Crippen LogP contribution in [0.5, 0.6) is 0 Å². The molecule has 1 heteroatoms. The van der Waals surface area contributed by atoms with Gasteiger partial charge in [-0.25, -0.2) is 0 Å². The Hall–Kier alpha value is -3.42. The number of benzene rings is 6. The lowest BCUT2D eigenvalue weighted by Gasteiger charge is -2.31. The Morgan fingerprint density at radius 3 is 0.500 bits per heavy atom. The summed E-state index contributed by atoms with van der Waals surface area (Å²) in [5, 5.41) is 15.3. The van der Waals surface area contributed by atoms with Crippen molar-refractivity contribution in [2.75, 3.05) is 0 Å². The first-order chi connectivity index (χ1) is 22.3. The molecule has 6 aromatic carbocycles. The van der Waals surface area contributed by atoms with Gasteiger partial charge in [-0.3, -0.25) is 0 Å². The van der Waals surface area contributed by atoms with Gasteiger partial charge in [0.15, 0.2) is 0 Å². The van der Waals surface area contributed by atoms with Crippen LogP contribution < -0.4 is 10.4 Å². The lowest BCUT2D eigenvalue weighted by molar-refractivity contribution is 1.23. The molecule has 1 radical (unpaired) electrons. The first-order valence-corrected chi connectivity index (χ1v) is 20.0. The fourth-order valence-corrected chi connectivity index (χ4v) is 12.8. The molecule has 0 heterocycles. The highest BCUT2D eigenvalue weighted by Gasteiger charge is 2.31. The topological polar surface area (TPSA) is 0 Å². The van der Waals surface area contributed by atoms with Crippen molar-refractivity contribution < 1.29 is 0 Å². The van der Waals surface area contributed by atoms with Crippen molar-refractivity contribution in [2.24, 2.45) is 0 Å². The smallest absolute Gasteiger partial charge is 0.0627 e. The second kappa shape index (κ2) is 11.3. The Balaban J connectivity index is 2.05. The van der Waals surface area contributed by atoms with E-state index in [1.165, 1.54) is 143 Å². The quantitative estimate of drug-likeness (QED) is 0.129. The molecule has 0 aliphatic heterocycles. The molecule has 249 valence electrons. The zero-order chi connectivity index (χ0) is 35.7. The molecule has 0 amide bonds. The highest BCUT2D eigenvalue weighted by atomic mass is 28.3. The molecule has 0 spiro atoms. The predicted molar refractivity (Wildman–Crippen MR) is 219 cm³/mol. The standard InChI is InChI=1S/C47H57Si/c1-20-24(5)32(13)42-38(28(20)9)36(17)39-29(10)21(2)25(6)33(14)43(39)46(42)48(19)47-44-34(15)26(7)22(3)30(11)40(44)37(18)41-31(12)23(4)27(8)35(16)45(41)47/h1-19H3. The van der Waals surface area contributed by atoms with Gasteiger partial charge in [-0.05, 0) is 278 Å². The SMILES string of the molecule is Cc1c(C)c(C)c2c([Si](C)c3c4c(C)c(C)c(C)c(C)c4c(C)c4c(C)c(C)c(C)c(C)c34)c3c(C)c(C)c(C)c(C)c3c(C)c2c1C. The fourth-order valence-electron chi connectivity index (χ4n) is 9.75. The highest BCUT2D eigenvalue weighted by molar-refractivity contribution is 6.91. The maximum absolute atomic E-state index is 2.65. The summed E-state index contributed by atoms with van der Waals surface area (Å²) in [5.41, 5.74) is 26.2. The van der Waals surface area contributed by atoms with Crippen molar-refractivity contribution >= 4 is 62.3 Å². The predicted octanol–water partition coefficient (Wildman–Crippen LogP) is 12.1. The van der Waals surface area contributed by atoms with Crippen LogP contribution in [0.25, 0.3) is 43.1 Å². The minimum atomic E-state index is -1.35. The number of hydrogen-bond donors (Lipinski definition) is 0. The van der Waals surface area contributed by atoms with E-state index < -0.39 is 8.80 Å². The maximum atomic E-state index is 2.65. The molecule has 0 saturated carbocycles. The Morgan fingerprint density at radius 2 is 0.333 bits per heavy atom. The van der Waals surface area contributed by atoms with Gasteiger partial charge in [-0.15, -0.1) is 0 Å². The summed E-state index contributed by atoms with van der Waals surface area (Å²) in [6.07, 6.45) is 0. The minimum absolute atomic E-state index is 1.35. The van der Waals surface area contributed by atoms with Crippen molar-refractivity contribution in [1.29, 1.82) is 0 Å². The lowest BCUT2D eigenvalue weighted by Crippen LogP contribution is -2.43. The van der Waals surface area contributed by atoms with E-state index in [4.69, 9.17) is 0 Å². The number of hydrogen-bond acceptors (Lipinski definition) is 0. The average molecular weight is 650 g/mol. The summed E-state index contributed by atoms with van der Waals surface area (Å²) in [6.45, 7) is 45.4. The molecule has 0 unspecified atom stereocenters. The van der Waals surface area contributed by atoms with Crippen LogP contribution in [0.1, 0.15) is 100 Å². The van der Waals surface area contributed by atoms with Crippen LogP contribution in [0.3, 0.4) is 0 Å².